The van der Waals surface area contributed by atoms with Crippen LogP contribution < -0.4 is 5.32 Å². The Morgan fingerprint density at radius 3 is 2.87 bits per heavy atom. The molecule has 15 heavy (non-hydrogen) atoms. The van der Waals surface area contributed by atoms with Gasteiger partial charge < -0.3 is 5.32 Å². The van der Waals surface area contributed by atoms with Gasteiger partial charge in [-0.3, -0.25) is 0 Å². The first kappa shape index (κ1) is 10.6. The third kappa shape index (κ3) is 2.20. The zero-order valence-corrected chi connectivity index (χ0v) is 9.31. The topological polar surface area (TPSA) is 37.8 Å². The van der Waals surface area contributed by atoms with Gasteiger partial charge in [-0.15, -0.1) is 11.6 Å². The number of halogens is 2. The second-order valence-electron chi connectivity index (χ2n) is 4.11. The highest BCUT2D eigenvalue weighted by Gasteiger charge is 2.41. The van der Waals surface area contributed by atoms with Crippen LogP contribution in [0.25, 0.3) is 0 Å². The molecule has 0 saturated heterocycles. The first-order valence-corrected chi connectivity index (χ1v) is 5.47. The molecule has 0 amide bonds. The average Bonchev–Trinajstić information content (AvgIpc) is 3.01. The minimum Gasteiger partial charge on any atom is -0.367 e. The minimum atomic E-state index is -0.372. The maximum atomic E-state index is 13.5. The number of nitrogens with one attached hydrogen (secondary N) is 1. The van der Waals surface area contributed by atoms with E-state index in [1.807, 2.05) is 0 Å². The molecular formula is C10H13ClFN3. The summed E-state index contributed by atoms with van der Waals surface area (Å²) in [6.07, 6.45) is 3.57. The zero-order valence-electron chi connectivity index (χ0n) is 8.56. The summed E-state index contributed by atoms with van der Waals surface area (Å²) < 4.78 is 13.5. The number of hydrogen-bond donors (Lipinski definition) is 1. The van der Waals surface area contributed by atoms with Crippen LogP contribution in [0.1, 0.15) is 18.5 Å². The van der Waals surface area contributed by atoms with E-state index in [0.717, 1.165) is 12.8 Å². The van der Waals surface area contributed by atoms with Crippen LogP contribution >= 0.6 is 11.6 Å². The molecular weight excluding hydrogens is 217 g/mol. The lowest BCUT2D eigenvalue weighted by molar-refractivity contribution is 0.587. The largest absolute Gasteiger partial charge is 0.367 e. The summed E-state index contributed by atoms with van der Waals surface area (Å²) in [6, 6.07) is 0. The smallest absolute Gasteiger partial charge is 0.186 e. The molecule has 0 spiro atoms. The van der Waals surface area contributed by atoms with E-state index in [2.05, 4.69) is 15.3 Å². The molecule has 1 aromatic rings. The van der Waals surface area contributed by atoms with Crippen molar-refractivity contribution in [2.24, 2.45) is 5.41 Å². The van der Waals surface area contributed by atoms with Crippen LogP contribution in [0.3, 0.4) is 0 Å². The maximum absolute atomic E-state index is 13.5. The summed E-state index contributed by atoms with van der Waals surface area (Å²) in [4.78, 5) is 7.63. The monoisotopic (exact) mass is 229 g/mol. The molecule has 1 aliphatic carbocycles. The van der Waals surface area contributed by atoms with Crippen LogP contribution in [0.2, 0.25) is 0 Å². The first-order chi connectivity index (χ1) is 7.17. The number of anilines is 1. The first-order valence-electron chi connectivity index (χ1n) is 4.94. The summed E-state index contributed by atoms with van der Waals surface area (Å²) in [7, 11) is 0. The molecule has 1 saturated carbocycles. The number of aromatic nitrogens is 2. The molecule has 0 aromatic carbocycles. The molecule has 1 fully saturated rings. The highest BCUT2D eigenvalue weighted by atomic mass is 35.5. The average molecular weight is 230 g/mol. The highest BCUT2D eigenvalue weighted by molar-refractivity contribution is 6.18. The van der Waals surface area contributed by atoms with E-state index in [9.17, 15) is 4.39 Å². The third-order valence-electron chi connectivity index (χ3n) is 2.84. The Kier molecular flexibility index (Phi) is 2.78. The van der Waals surface area contributed by atoms with Crippen LogP contribution in [-0.4, -0.2) is 22.4 Å². The van der Waals surface area contributed by atoms with E-state index in [0.29, 0.717) is 18.1 Å². The molecule has 1 aromatic heterocycles. The van der Waals surface area contributed by atoms with Crippen molar-refractivity contribution in [3.05, 3.63) is 17.8 Å². The lowest BCUT2D eigenvalue weighted by Crippen LogP contribution is -2.18. The summed E-state index contributed by atoms with van der Waals surface area (Å²) in [6.45, 7) is 2.31. The lowest BCUT2D eigenvalue weighted by atomic mass is 10.1. The van der Waals surface area contributed by atoms with Gasteiger partial charge in [0.15, 0.2) is 11.6 Å². The van der Waals surface area contributed by atoms with E-state index in [4.69, 9.17) is 11.6 Å². The SMILES string of the molecule is Cc1ncnc(NCC2(CCl)CC2)c1F. The molecule has 0 bridgehead atoms. The molecule has 1 N–H and O–H groups in total. The summed E-state index contributed by atoms with van der Waals surface area (Å²) in [5.74, 6) is 0.521. The van der Waals surface area contributed by atoms with Crippen LogP contribution in [0.4, 0.5) is 10.2 Å². The maximum Gasteiger partial charge on any atom is 0.186 e. The van der Waals surface area contributed by atoms with Gasteiger partial charge in [0.1, 0.15) is 6.33 Å². The molecule has 0 atom stereocenters. The Hall–Kier alpha value is -0.900. The van der Waals surface area contributed by atoms with Crippen LogP contribution in [-0.2, 0) is 0 Å². The standard InChI is InChI=1S/C10H13ClFN3/c1-7-8(12)9(15-6-14-7)13-5-10(4-11)2-3-10/h6H,2-5H2,1H3,(H,13,14,15). The van der Waals surface area contributed by atoms with E-state index >= 15 is 0 Å². The molecule has 1 heterocycles. The summed E-state index contributed by atoms with van der Waals surface area (Å²) in [5.41, 5.74) is 0.524. The van der Waals surface area contributed by atoms with Crippen molar-refractivity contribution < 1.29 is 4.39 Å². The Labute approximate surface area is 93.1 Å². The normalized spacial score (nSPS) is 17.5. The van der Waals surface area contributed by atoms with Gasteiger partial charge in [-0.1, -0.05) is 0 Å². The molecule has 3 nitrogen and oxygen atoms in total. The van der Waals surface area contributed by atoms with Gasteiger partial charge in [0.05, 0.1) is 5.69 Å². The Morgan fingerprint density at radius 2 is 2.27 bits per heavy atom. The lowest BCUT2D eigenvalue weighted by Gasteiger charge is -2.13. The van der Waals surface area contributed by atoms with Crippen molar-refractivity contribution in [3.8, 4) is 0 Å². The molecule has 0 unspecified atom stereocenters. The second-order valence-corrected chi connectivity index (χ2v) is 4.38. The summed E-state index contributed by atoms with van der Waals surface area (Å²) >= 11 is 5.83. The predicted octanol–water partition coefficient (Wildman–Crippen LogP) is 2.36. The number of hydrogen-bond acceptors (Lipinski definition) is 3. The van der Waals surface area contributed by atoms with E-state index in [1.165, 1.54) is 6.33 Å². The van der Waals surface area contributed by atoms with Gasteiger partial charge in [-0.05, 0) is 19.8 Å². The van der Waals surface area contributed by atoms with Gasteiger partial charge in [0, 0.05) is 17.8 Å². The fourth-order valence-electron chi connectivity index (χ4n) is 1.39. The van der Waals surface area contributed by atoms with Crippen molar-refractivity contribution in [1.29, 1.82) is 0 Å². The third-order valence-corrected chi connectivity index (χ3v) is 3.40. The molecule has 1 aliphatic rings. The number of rotatable bonds is 4. The van der Waals surface area contributed by atoms with Gasteiger partial charge in [-0.2, -0.15) is 0 Å². The predicted molar refractivity (Wildman–Crippen MR) is 57.6 cm³/mol. The fraction of sp³-hybridized carbons (Fsp3) is 0.600. The zero-order chi connectivity index (χ0) is 10.9. The Morgan fingerprint density at radius 1 is 1.53 bits per heavy atom. The van der Waals surface area contributed by atoms with Crippen molar-refractivity contribution in [2.75, 3.05) is 17.7 Å². The van der Waals surface area contributed by atoms with Crippen LogP contribution in [0.15, 0.2) is 6.33 Å². The number of alkyl halides is 1. The van der Waals surface area contributed by atoms with E-state index in [-0.39, 0.29) is 17.1 Å². The molecule has 0 radical (unpaired) electrons. The molecule has 2 rings (SSSR count). The Bertz CT molecular complexity index is 366. The van der Waals surface area contributed by atoms with Crippen molar-refractivity contribution in [1.82, 2.24) is 9.97 Å². The second kappa shape index (κ2) is 3.93. The highest BCUT2D eigenvalue weighted by Crippen LogP contribution is 2.46. The van der Waals surface area contributed by atoms with Crippen LogP contribution in [0.5, 0.6) is 0 Å². The van der Waals surface area contributed by atoms with Crippen molar-refractivity contribution in [2.45, 2.75) is 19.8 Å². The van der Waals surface area contributed by atoms with E-state index in [1.54, 1.807) is 6.92 Å². The van der Waals surface area contributed by atoms with Gasteiger partial charge in [-0.25, -0.2) is 14.4 Å². The molecule has 0 aliphatic heterocycles. The number of aryl methyl sites for hydroxylation is 1. The minimum absolute atomic E-state index is 0.160. The van der Waals surface area contributed by atoms with Crippen molar-refractivity contribution in [3.63, 3.8) is 0 Å². The molecule has 82 valence electrons. The van der Waals surface area contributed by atoms with Crippen LogP contribution in [0, 0.1) is 18.2 Å². The quantitative estimate of drug-likeness (QED) is 0.806. The van der Waals surface area contributed by atoms with Gasteiger partial charge >= 0.3 is 0 Å². The number of nitrogens with zero attached hydrogens (tertiary/aromatic N) is 2. The fourth-order valence-corrected chi connectivity index (χ4v) is 1.75. The van der Waals surface area contributed by atoms with Gasteiger partial charge in [0.2, 0.25) is 0 Å². The molecule has 5 heteroatoms. The Balaban J connectivity index is 2.02. The van der Waals surface area contributed by atoms with Crippen molar-refractivity contribution >= 4 is 17.4 Å². The van der Waals surface area contributed by atoms with Gasteiger partial charge in [0.25, 0.3) is 0 Å². The van der Waals surface area contributed by atoms with E-state index < -0.39 is 0 Å². The summed E-state index contributed by atoms with van der Waals surface area (Å²) in [5, 5.41) is 3.00.